The Morgan fingerprint density at radius 3 is 2.71 bits per heavy atom. The molecular weight excluding hydrogens is 674 g/mol. The van der Waals surface area contributed by atoms with Crippen molar-refractivity contribution in [2.75, 3.05) is 16.8 Å². The van der Waals surface area contributed by atoms with E-state index in [4.69, 9.17) is 10.6 Å². The van der Waals surface area contributed by atoms with E-state index in [0.29, 0.717) is 11.3 Å². The van der Waals surface area contributed by atoms with Gasteiger partial charge in [-0.3, -0.25) is 24.1 Å². The van der Waals surface area contributed by atoms with Crippen LogP contribution in [0.3, 0.4) is 0 Å². The number of hydrogen-bond acceptors (Lipinski definition) is 15. The standard InChI is InChI=1S/C27H25N9O10S2/c1-27(2,25(44)45)46-33-16(19-32-26(28)48-34-19)21(40)31-17-22(41)36-18(24(42)43)11(10-47-23(17)36)8-35-5-3-4-12(9-35)30-20(39)13-6-14(37)15(38)7-29-13/h3-7,9,17,23H,8,10H2,1-2H3,(H7-,28,29,30,31,32,33,34,37,38,39,40,42,43,44,45). The Morgan fingerprint density at radius 1 is 1.31 bits per heavy atom. The summed E-state index contributed by atoms with van der Waals surface area (Å²) in [4.78, 5) is 86.9. The first-order valence-electron chi connectivity index (χ1n) is 13.7. The van der Waals surface area contributed by atoms with Gasteiger partial charge < -0.3 is 46.3 Å². The number of carboxylic acid groups (broad SMARTS) is 2. The van der Waals surface area contributed by atoms with Gasteiger partial charge in [0.05, 0.1) is 11.7 Å². The van der Waals surface area contributed by atoms with Crippen LogP contribution in [0.4, 0.5) is 10.8 Å². The lowest BCUT2D eigenvalue weighted by atomic mass is 10.0. The summed E-state index contributed by atoms with van der Waals surface area (Å²) in [5.41, 5.74) is 2.59. The van der Waals surface area contributed by atoms with Crippen molar-refractivity contribution < 1.29 is 48.7 Å². The number of carbonyl (C=O) groups excluding carboxylic acids is 4. The molecule has 5 heterocycles. The molecule has 0 radical (unpaired) electrons. The van der Waals surface area contributed by atoms with Crippen molar-refractivity contribution in [2.24, 2.45) is 5.16 Å². The zero-order valence-corrected chi connectivity index (χ0v) is 26.5. The van der Waals surface area contributed by atoms with E-state index in [2.05, 4.69) is 30.1 Å². The Hall–Kier alpha value is -5.83. The Bertz CT molecular complexity index is 1970. The number of H-pyrrole nitrogens is 1. The van der Waals surface area contributed by atoms with Gasteiger partial charge in [0.15, 0.2) is 29.8 Å². The number of aromatic hydroxyl groups is 1. The lowest BCUT2D eigenvalue weighted by Gasteiger charge is -2.50. The van der Waals surface area contributed by atoms with Crippen molar-refractivity contribution in [3.63, 3.8) is 0 Å². The van der Waals surface area contributed by atoms with Gasteiger partial charge in [-0.05, 0) is 19.9 Å². The fourth-order valence-electron chi connectivity index (χ4n) is 4.42. The summed E-state index contributed by atoms with van der Waals surface area (Å²) < 4.78 is 5.47. The minimum absolute atomic E-state index is 0.0198. The van der Waals surface area contributed by atoms with Crippen molar-refractivity contribution >= 4 is 69.5 Å². The first-order valence-corrected chi connectivity index (χ1v) is 15.5. The molecule has 2 aliphatic rings. The molecule has 0 bridgehead atoms. The average Bonchev–Trinajstić information content (AvgIpc) is 3.46. The van der Waals surface area contributed by atoms with Gasteiger partial charge in [0, 0.05) is 41.2 Å². The fourth-order valence-corrected chi connectivity index (χ4v) is 6.19. The number of nitrogens with zero attached hydrogens (tertiary/aromatic N) is 5. The Kier molecular flexibility index (Phi) is 9.16. The summed E-state index contributed by atoms with van der Waals surface area (Å²) in [7, 11) is 0. The minimum Gasteiger partial charge on any atom is -0.543 e. The number of fused-ring (bicyclic) bond motifs is 1. The van der Waals surface area contributed by atoms with Gasteiger partial charge in [-0.15, -0.1) is 11.8 Å². The highest BCUT2D eigenvalue weighted by Gasteiger charge is 2.53. The van der Waals surface area contributed by atoms with Crippen LogP contribution in [0.5, 0.6) is 5.75 Å². The van der Waals surface area contributed by atoms with Crippen LogP contribution in [0.2, 0.25) is 0 Å². The second kappa shape index (κ2) is 13.1. The lowest BCUT2D eigenvalue weighted by Crippen LogP contribution is -2.71. The van der Waals surface area contributed by atoms with E-state index in [1.165, 1.54) is 31.8 Å². The number of carboxylic acids is 2. The minimum atomic E-state index is -1.84. The SMILES string of the molecule is CC(C)(O/N=C(\C(=O)NC1C(=O)N2C(C(=O)[O-])=C(C[n+]3cccc(NC(=O)c4cc(=O)c(O)c[nH]4)c3)CSC12)c1nsc(N)n1)C(=O)O. The molecule has 250 valence electrons. The molecule has 7 N–H and O–H groups in total. The first kappa shape index (κ1) is 33.5. The molecule has 0 aliphatic carbocycles. The molecule has 3 amide bonds. The number of rotatable bonds is 11. The molecule has 1 fully saturated rings. The monoisotopic (exact) mass is 699 g/mol. The number of hydrogen-bond donors (Lipinski definition) is 6. The number of nitrogen functional groups attached to an aromatic ring is 1. The molecule has 1 saturated heterocycles. The fraction of sp³-hybridized carbons (Fsp3) is 0.259. The van der Waals surface area contributed by atoms with Gasteiger partial charge in [0.2, 0.25) is 22.6 Å². The molecular formula is C27H25N9O10S2. The van der Waals surface area contributed by atoms with Gasteiger partial charge in [0.25, 0.3) is 17.7 Å². The van der Waals surface area contributed by atoms with E-state index in [1.807, 2.05) is 0 Å². The molecule has 2 atom stereocenters. The van der Waals surface area contributed by atoms with Crippen LogP contribution in [0, 0.1) is 0 Å². The van der Waals surface area contributed by atoms with Gasteiger partial charge in [-0.2, -0.15) is 13.9 Å². The van der Waals surface area contributed by atoms with E-state index in [9.17, 15) is 44.1 Å². The average molecular weight is 700 g/mol. The maximum atomic E-state index is 13.2. The highest BCUT2D eigenvalue weighted by atomic mass is 32.2. The summed E-state index contributed by atoms with van der Waals surface area (Å²) >= 11 is 1.91. The largest absolute Gasteiger partial charge is 0.543 e. The highest BCUT2D eigenvalue weighted by molar-refractivity contribution is 8.00. The van der Waals surface area contributed by atoms with Crippen LogP contribution in [-0.2, 0) is 30.6 Å². The Balaban J connectivity index is 1.32. The summed E-state index contributed by atoms with van der Waals surface area (Å²) in [5, 5.41) is 38.8. The Morgan fingerprint density at radius 2 is 2.06 bits per heavy atom. The van der Waals surface area contributed by atoms with Crippen molar-refractivity contribution in [1.29, 1.82) is 0 Å². The molecule has 2 aliphatic heterocycles. The number of thioether (sulfide) groups is 1. The number of oxime groups is 1. The zero-order valence-electron chi connectivity index (χ0n) is 24.8. The van der Waals surface area contributed by atoms with Crippen LogP contribution < -0.4 is 31.5 Å². The topological polar surface area (TPSA) is 286 Å². The van der Waals surface area contributed by atoms with Crippen LogP contribution in [0.15, 0.2) is 58.0 Å². The number of nitrogens with one attached hydrogen (secondary N) is 3. The number of aromatic nitrogens is 4. The molecule has 5 rings (SSSR count). The summed E-state index contributed by atoms with van der Waals surface area (Å²) in [5.74, 6) is -6.14. The number of amides is 3. The second-order valence-corrected chi connectivity index (χ2v) is 12.6. The molecule has 0 saturated carbocycles. The number of aliphatic carboxylic acids is 2. The summed E-state index contributed by atoms with van der Waals surface area (Å²) in [6.45, 7) is 2.37. The normalized spacial score (nSPS) is 17.7. The van der Waals surface area contributed by atoms with E-state index in [1.54, 1.807) is 22.9 Å². The second-order valence-electron chi connectivity index (χ2n) is 10.7. The molecule has 19 nitrogen and oxygen atoms in total. The van der Waals surface area contributed by atoms with Gasteiger partial charge >= 0.3 is 5.97 Å². The maximum Gasteiger partial charge on any atom is 0.350 e. The molecule has 3 aromatic heterocycles. The third-order valence-electron chi connectivity index (χ3n) is 6.90. The zero-order chi connectivity index (χ0) is 34.9. The number of carbonyl (C=O) groups is 5. The van der Waals surface area contributed by atoms with E-state index >= 15 is 0 Å². The number of aromatic amines is 1. The first-order chi connectivity index (χ1) is 22.7. The van der Waals surface area contributed by atoms with Gasteiger partial charge in [-0.25, -0.2) is 4.79 Å². The smallest absolute Gasteiger partial charge is 0.350 e. The lowest BCUT2D eigenvalue weighted by molar-refractivity contribution is -0.688. The van der Waals surface area contributed by atoms with Crippen molar-refractivity contribution in [2.45, 2.75) is 37.4 Å². The third kappa shape index (κ3) is 6.80. The number of pyridine rings is 2. The number of β-lactam (4-membered cyclic amide) rings is 1. The van der Waals surface area contributed by atoms with Crippen molar-refractivity contribution in [1.82, 2.24) is 24.6 Å². The predicted octanol–water partition coefficient (Wildman–Crippen LogP) is -2.26. The third-order valence-corrected chi connectivity index (χ3v) is 8.78. The highest BCUT2D eigenvalue weighted by Crippen LogP contribution is 2.40. The molecule has 0 aromatic carbocycles. The Labute approximate surface area is 277 Å². The van der Waals surface area contributed by atoms with E-state index in [0.717, 1.165) is 28.7 Å². The van der Waals surface area contributed by atoms with Gasteiger partial charge in [-0.1, -0.05) is 5.16 Å². The number of anilines is 2. The van der Waals surface area contributed by atoms with Crippen molar-refractivity contribution in [3.8, 4) is 5.75 Å². The quantitative estimate of drug-likeness (QED) is 0.0533. The number of nitrogens with two attached hydrogens (primary N) is 1. The van der Waals surface area contributed by atoms with Crippen LogP contribution in [-0.4, -0.2) is 87.6 Å². The maximum absolute atomic E-state index is 13.2. The summed E-state index contributed by atoms with van der Waals surface area (Å²) in [6.07, 6.45) is 4.08. The molecule has 0 spiro atoms. The molecule has 48 heavy (non-hydrogen) atoms. The summed E-state index contributed by atoms with van der Waals surface area (Å²) in [6, 6.07) is 2.87. The van der Waals surface area contributed by atoms with Gasteiger partial charge in [0.1, 0.15) is 22.8 Å². The van der Waals surface area contributed by atoms with E-state index < -0.39 is 63.6 Å². The van der Waals surface area contributed by atoms with Crippen molar-refractivity contribution in [3.05, 3.63) is 69.8 Å². The van der Waals surface area contributed by atoms with E-state index in [-0.39, 0.29) is 34.6 Å². The molecule has 21 heteroatoms. The molecule has 3 aromatic rings. The van der Waals surface area contributed by atoms with Crippen LogP contribution in [0.1, 0.15) is 30.2 Å². The van der Waals surface area contributed by atoms with Crippen LogP contribution >= 0.6 is 23.3 Å². The van der Waals surface area contributed by atoms with Crippen LogP contribution in [0.25, 0.3) is 0 Å². The molecule has 2 unspecified atom stereocenters. The predicted molar refractivity (Wildman–Crippen MR) is 164 cm³/mol.